The lowest BCUT2D eigenvalue weighted by Crippen LogP contribution is -2.52. The van der Waals surface area contributed by atoms with E-state index in [-0.39, 0.29) is 11.9 Å². The molecule has 152 valence electrons. The molecular weight excluding hydrogens is 382 g/mol. The summed E-state index contributed by atoms with van der Waals surface area (Å²) in [7, 11) is 0. The summed E-state index contributed by atoms with van der Waals surface area (Å²) >= 11 is 1.70. The van der Waals surface area contributed by atoms with Gasteiger partial charge in [-0.05, 0) is 82.0 Å². The molecule has 2 aromatic rings. The third kappa shape index (κ3) is 5.99. The molecule has 29 heavy (non-hydrogen) atoms. The highest BCUT2D eigenvalue weighted by molar-refractivity contribution is 7.97. The second-order valence-electron chi connectivity index (χ2n) is 7.83. The van der Waals surface area contributed by atoms with Gasteiger partial charge in [-0.1, -0.05) is 17.7 Å². The molecule has 2 aromatic carbocycles. The van der Waals surface area contributed by atoms with Crippen LogP contribution in [0.4, 0.5) is 0 Å². The van der Waals surface area contributed by atoms with E-state index in [1.165, 1.54) is 0 Å². The summed E-state index contributed by atoms with van der Waals surface area (Å²) in [6, 6.07) is 17.7. The summed E-state index contributed by atoms with van der Waals surface area (Å²) in [6.45, 7) is 7.42. The molecule has 1 aliphatic heterocycles. The second-order valence-corrected chi connectivity index (χ2v) is 9.00. The first-order valence-corrected chi connectivity index (χ1v) is 10.6. The lowest BCUT2D eigenvalue weighted by atomic mass is 10.0. The van der Waals surface area contributed by atoms with Gasteiger partial charge in [0.15, 0.2) is 5.60 Å². The molecule has 6 heteroatoms. The molecule has 0 atom stereocenters. The summed E-state index contributed by atoms with van der Waals surface area (Å²) in [5, 5.41) is 12.0. The zero-order chi connectivity index (χ0) is 20.9. The highest BCUT2D eigenvalue weighted by atomic mass is 32.2. The van der Waals surface area contributed by atoms with Crippen LogP contribution in [-0.2, 0) is 4.79 Å². The number of benzene rings is 2. The molecule has 1 amide bonds. The van der Waals surface area contributed by atoms with Gasteiger partial charge in [-0.3, -0.25) is 4.79 Å². The van der Waals surface area contributed by atoms with Crippen LogP contribution in [0.2, 0.25) is 0 Å². The Morgan fingerprint density at radius 2 is 1.76 bits per heavy atom. The monoisotopic (exact) mass is 409 g/mol. The number of hydrogen-bond donors (Lipinski definition) is 1. The number of piperidine rings is 1. The Morgan fingerprint density at radius 1 is 1.14 bits per heavy atom. The summed E-state index contributed by atoms with van der Waals surface area (Å²) in [5.74, 6) is 0.612. The molecule has 0 bridgehead atoms. The fraction of sp³-hybridized carbons (Fsp3) is 0.391. The summed E-state index contributed by atoms with van der Waals surface area (Å²) in [5.41, 5.74) is 0.903. The smallest absolute Gasteiger partial charge is 0.263 e. The molecular formula is C23H27N3O2S. The van der Waals surface area contributed by atoms with E-state index in [9.17, 15) is 4.79 Å². The van der Waals surface area contributed by atoms with Gasteiger partial charge in [0.05, 0.1) is 11.6 Å². The highest BCUT2D eigenvalue weighted by Gasteiger charge is 2.32. The third-order valence-electron chi connectivity index (χ3n) is 4.95. The molecule has 0 unspecified atom stereocenters. The van der Waals surface area contributed by atoms with Crippen molar-refractivity contribution in [1.82, 2.24) is 9.62 Å². The van der Waals surface area contributed by atoms with E-state index in [0.29, 0.717) is 11.3 Å². The molecule has 0 saturated carbocycles. The van der Waals surface area contributed by atoms with Crippen molar-refractivity contribution in [3.63, 3.8) is 0 Å². The number of ether oxygens (including phenoxy) is 1. The predicted octanol–water partition coefficient (Wildman–Crippen LogP) is 4.31. The largest absolute Gasteiger partial charge is 0.478 e. The van der Waals surface area contributed by atoms with Crippen LogP contribution in [0.1, 0.15) is 37.8 Å². The number of carbonyl (C=O) groups is 1. The quantitative estimate of drug-likeness (QED) is 0.720. The van der Waals surface area contributed by atoms with Crippen LogP contribution in [0.15, 0.2) is 53.4 Å². The van der Waals surface area contributed by atoms with E-state index >= 15 is 0 Å². The van der Waals surface area contributed by atoms with Gasteiger partial charge in [-0.25, -0.2) is 4.31 Å². The number of amides is 1. The van der Waals surface area contributed by atoms with Crippen LogP contribution in [0.5, 0.6) is 5.75 Å². The molecule has 1 saturated heterocycles. The van der Waals surface area contributed by atoms with Gasteiger partial charge >= 0.3 is 0 Å². The number of aryl methyl sites for hydroxylation is 1. The maximum Gasteiger partial charge on any atom is 0.263 e. The van der Waals surface area contributed by atoms with Crippen LogP contribution >= 0.6 is 11.9 Å². The van der Waals surface area contributed by atoms with Crippen LogP contribution in [0.3, 0.4) is 0 Å². The Hall–Kier alpha value is -2.49. The van der Waals surface area contributed by atoms with Crippen molar-refractivity contribution in [1.29, 1.82) is 5.26 Å². The Balaban J connectivity index is 1.47. The molecule has 1 aliphatic rings. The highest BCUT2D eigenvalue weighted by Crippen LogP contribution is 2.27. The Bertz CT molecular complexity index is 864. The van der Waals surface area contributed by atoms with Crippen LogP contribution in [0, 0.1) is 18.3 Å². The van der Waals surface area contributed by atoms with Crippen molar-refractivity contribution < 1.29 is 9.53 Å². The maximum atomic E-state index is 12.8. The zero-order valence-corrected chi connectivity index (χ0v) is 18.0. The maximum absolute atomic E-state index is 12.8. The average Bonchev–Trinajstić information content (AvgIpc) is 2.71. The van der Waals surface area contributed by atoms with Gasteiger partial charge in [0, 0.05) is 24.0 Å². The van der Waals surface area contributed by atoms with E-state index in [2.05, 4.69) is 15.7 Å². The lowest BCUT2D eigenvalue weighted by Gasteiger charge is -2.33. The van der Waals surface area contributed by atoms with Crippen molar-refractivity contribution >= 4 is 17.9 Å². The first-order chi connectivity index (χ1) is 13.9. The standard InChI is InChI=1S/C23H27N3O2S/c1-17-4-8-20(9-5-17)28-23(2,3)22(27)25-19-12-14-26(15-13-19)29-21-10-6-18(16-24)7-11-21/h4-11,19H,12-15H2,1-3H3,(H,25,27). The van der Waals surface area contributed by atoms with Crippen molar-refractivity contribution in [3.8, 4) is 11.8 Å². The van der Waals surface area contributed by atoms with Gasteiger partial charge in [-0.2, -0.15) is 5.26 Å². The van der Waals surface area contributed by atoms with Crippen molar-refractivity contribution in [2.24, 2.45) is 0 Å². The Morgan fingerprint density at radius 3 is 2.34 bits per heavy atom. The number of rotatable bonds is 6. The topological polar surface area (TPSA) is 65.4 Å². The Kier molecular flexibility index (Phi) is 6.83. The molecule has 0 radical (unpaired) electrons. The van der Waals surface area contributed by atoms with E-state index in [1.54, 1.807) is 25.8 Å². The van der Waals surface area contributed by atoms with Crippen LogP contribution in [-0.4, -0.2) is 34.9 Å². The predicted molar refractivity (Wildman–Crippen MR) is 116 cm³/mol. The van der Waals surface area contributed by atoms with Crippen molar-refractivity contribution in [3.05, 3.63) is 59.7 Å². The van der Waals surface area contributed by atoms with E-state index in [4.69, 9.17) is 10.00 Å². The molecule has 1 heterocycles. The summed E-state index contributed by atoms with van der Waals surface area (Å²) < 4.78 is 8.23. The third-order valence-corrected chi connectivity index (χ3v) is 6.05. The van der Waals surface area contributed by atoms with E-state index < -0.39 is 5.60 Å². The van der Waals surface area contributed by atoms with Gasteiger partial charge in [0.2, 0.25) is 0 Å². The molecule has 3 rings (SSSR count). The average molecular weight is 410 g/mol. The second kappa shape index (κ2) is 9.34. The number of nitriles is 1. The number of carbonyl (C=O) groups excluding carboxylic acids is 1. The molecule has 0 aliphatic carbocycles. The number of nitrogens with one attached hydrogen (secondary N) is 1. The zero-order valence-electron chi connectivity index (χ0n) is 17.1. The van der Waals surface area contributed by atoms with E-state index in [0.717, 1.165) is 36.4 Å². The van der Waals surface area contributed by atoms with Gasteiger partial charge in [0.25, 0.3) is 5.91 Å². The van der Waals surface area contributed by atoms with Crippen LogP contribution in [0.25, 0.3) is 0 Å². The fourth-order valence-electron chi connectivity index (χ4n) is 3.14. The molecule has 0 spiro atoms. The van der Waals surface area contributed by atoms with Crippen LogP contribution < -0.4 is 10.1 Å². The van der Waals surface area contributed by atoms with Gasteiger partial charge < -0.3 is 10.1 Å². The molecule has 0 aromatic heterocycles. The first kappa shape index (κ1) is 21.2. The summed E-state index contributed by atoms with van der Waals surface area (Å²) in [6.07, 6.45) is 1.80. The number of hydrogen-bond acceptors (Lipinski definition) is 5. The minimum atomic E-state index is -0.927. The minimum Gasteiger partial charge on any atom is -0.478 e. The molecule has 1 fully saturated rings. The first-order valence-electron chi connectivity index (χ1n) is 9.85. The summed E-state index contributed by atoms with van der Waals surface area (Å²) in [4.78, 5) is 13.9. The SMILES string of the molecule is Cc1ccc(OC(C)(C)C(=O)NC2CCN(Sc3ccc(C#N)cc3)CC2)cc1. The number of nitrogens with zero attached hydrogens (tertiary/aromatic N) is 2. The van der Waals surface area contributed by atoms with E-state index in [1.807, 2.05) is 55.5 Å². The Labute approximate surface area is 177 Å². The fourth-order valence-corrected chi connectivity index (χ4v) is 4.09. The van der Waals surface area contributed by atoms with Crippen molar-refractivity contribution in [2.75, 3.05) is 13.1 Å². The lowest BCUT2D eigenvalue weighted by molar-refractivity contribution is -0.135. The normalized spacial score (nSPS) is 15.5. The van der Waals surface area contributed by atoms with Crippen molar-refractivity contribution in [2.45, 2.75) is 50.2 Å². The van der Waals surface area contributed by atoms with Gasteiger partial charge in [-0.15, -0.1) is 0 Å². The van der Waals surface area contributed by atoms with Gasteiger partial charge in [0.1, 0.15) is 5.75 Å². The molecule has 1 N–H and O–H groups in total. The molecule has 5 nitrogen and oxygen atoms in total. The minimum absolute atomic E-state index is 0.0868.